The molecule has 1 amide bonds. The Morgan fingerprint density at radius 3 is 2.54 bits per heavy atom. The molecule has 1 N–H and O–H groups in total. The van der Waals surface area contributed by atoms with Gasteiger partial charge in [0.25, 0.3) is 0 Å². The molecule has 1 aliphatic heterocycles. The van der Waals surface area contributed by atoms with Gasteiger partial charge in [0, 0.05) is 32.4 Å². The number of carbonyl (C=O) groups excluding carboxylic acids is 2. The fraction of sp³-hybridized carbons (Fsp3) is 0.350. The van der Waals surface area contributed by atoms with Gasteiger partial charge in [0.2, 0.25) is 5.91 Å². The SMILES string of the molecule is CCOC(=O)c1ccc(N2CCN(CC(=O)Nc3ccccc3Cl)CC2)nc1. The first kappa shape index (κ1) is 20.1. The smallest absolute Gasteiger partial charge is 0.339 e. The van der Waals surface area contributed by atoms with Gasteiger partial charge in [-0.1, -0.05) is 23.7 Å². The predicted octanol–water partition coefficient (Wildman–Crippen LogP) is 2.67. The van der Waals surface area contributed by atoms with Crippen molar-refractivity contribution < 1.29 is 14.3 Å². The maximum absolute atomic E-state index is 12.3. The first-order valence-corrected chi connectivity index (χ1v) is 9.59. The standard InChI is InChI=1S/C20H23ClN4O3/c1-2-28-20(27)15-7-8-18(22-13-15)25-11-9-24(10-12-25)14-19(26)23-17-6-4-3-5-16(17)21/h3-8,13H,2,9-12,14H2,1H3,(H,23,26). The van der Waals surface area contributed by atoms with Gasteiger partial charge in [-0.2, -0.15) is 0 Å². The van der Waals surface area contributed by atoms with Crippen LogP contribution in [0.15, 0.2) is 42.6 Å². The minimum absolute atomic E-state index is 0.0848. The molecule has 1 aliphatic rings. The van der Waals surface area contributed by atoms with Crippen molar-refractivity contribution >= 4 is 35.0 Å². The van der Waals surface area contributed by atoms with Crippen LogP contribution in [0, 0.1) is 0 Å². The van der Waals surface area contributed by atoms with Crippen LogP contribution in [0.25, 0.3) is 0 Å². The van der Waals surface area contributed by atoms with Crippen LogP contribution in [0.2, 0.25) is 5.02 Å². The molecule has 8 heteroatoms. The molecule has 2 heterocycles. The van der Waals surface area contributed by atoms with Gasteiger partial charge >= 0.3 is 5.97 Å². The summed E-state index contributed by atoms with van der Waals surface area (Å²) in [4.78, 5) is 32.6. The fourth-order valence-electron chi connectivity index (χ4n) is 3.00. The van der Waals surface area contributed by atoms with Crippen LogP contribution in [-0.2, 0) is 9.53 Å². The molecule has 0 aliphatic carbocycles. The Balaban J connectivity index is 1.48. The van der Waals surface area contributed by atoms with E-state index in [0.29, 0.717) is 29.4 Å². The molecule has 7 nitrogen and oxygen atoms in total. The number of halogens is 1. The summed E-state index contributed by atoms with van der Waals surface area (Å²) in [6.45, 7) is 5.43. The lowest BCUT2D eigenvalue weighted by molar-refractivity contribution is -0.117. The number of amides is 1. The van der Waals surface area contributed by atoms with Crippen molar-refractivity contribution in [2.45, 2.75) is 6.92 Å². The molecule has 1 saturated heterocycles. The van der Waals surface area contributed by atoms with E-state index in [0.717, 1.165) is 32.0 Å². The number of ether oxygens (including phenoxy) is 1. The lowest BCUT2D eigenvalue weighted by Crippen LogP contribution is -2.48. The molecule has 1 fully saturated rings. The molecule has 2 aromatic rings. The number of hydrogen-bond acceptors (Lipinski definition) is 6. The third-order valence-corrected chi connectivity index (χ3v) is 4.80. The van der Waals surface area contributed by atoms with Crippen LogP contribution in [0.1, 0.15) is 17.3 Å². The molecule has 148 valence electrons. The largest absolute Gasteiger partial charge is 0.462 e. The van der Waals surface area contributed by atoms with Gasteiger partial charge in [0.05, 0.1) is 29.4 Å². The van der Waals surface area contributed by atoms with Crippen LogP contribution in [0.4, 0.5) is 11.5 Å². The molecule has 1 aromatic carbocycles. The lowest BCUT2D eigenvalue weighted by Gasteiger charge is -2.35. The average molecular weight is 403 g/mol. The maximum atomic E-state index is 12.3. The second-order valence-corrected chi connectivity index (χ2v) is 6.82. The summed E-state index contributed by atoms with van der Waals surface area (Å²) in [6.07, 6.45) is 1.54. The highest BCUT2D eigenvalue weighted by atomic mass is 35.5. The molecule has 0 bridgehead atoms. The Morgan fingerprint density at radius 1 is 1.14 bits per heavy atom. The van der Waals surface area contributed by atoms with Gasteiger partial charge in [-0.25, -0.2) is 9.78 Å². The van der Waals surface area contributed by atoms with E-state index in [-0.39, 0.29) is 11.9 Å². The molecule has 0 spiro atoms. The summed E-state index contributed by atoms with van der Waals surface area (Å²) in [6, 6.07) is 10.7. The summed E-state index contributed by atoms with van der Waals surface area (Å²) >= 11 is 6.08. The Kier molecular flexibility index (Phi) is 6.84. The molecule has 0 saturated carbocycles. The Bertz CT molecular complexity index is 820. The van der Waals surface area contributed by atoms with Crippen LogP contribution in [0.3, 0.4) is 0 Å². The lowest BCUT2D eigenvalue weighted by atomic mass is 10.2. The van der Waals surface area contributed by atoms with E-state index in [1.807, 2.05) is 18.2 Å². The monoisotopic (exact) mass is 402 g/mol. The van der Waals surface area contributed by atoms with Gasteiger partial charge in [-0.15, -0.1) is 0 Å². The quantitative estimate of drug-likeness (QED) is 0.749. The number of benzene rings is 1. The molecular weight excluding hydrogens is 380 g/mol. The fourth-order valence-corrected chi connectivity index (χ4v) is 3.18. The van der Waals surface area contributed by atoms with E-state index in [4.69, 9.17) is 16.3 Å². The number of nitrogens with zero attached hydrogens (tertiary/aromatic N) is 3. The number of hydrogen-bond donors (Lipinski definition) is 1. The maximum Gasteiger partial charge on any atom is 0.339 e. The van der Waals surface area contributed by atoms with Crippen molar-refractivity contribution in [2.75, 3.05) is 49.5 Å². The third kappa shape index (κ3) is 5.21. The summed E-state index contributed by atoms with van der Waals surface area (Å²) in [7, 11) is 0. The van der Waals surface area contributed by atoms with E-state index in [1.54, 1.807) is 25.1 Å². The topological polar surface area (TPSA) is 74.8 Å². The summed E-state index contributed by atoms with van der Waals surface area (Å²) in [5.74, 6) is 0.364. The highest BCUT2D eigenvalue weighted by molar-refractivity contribution is 6.33. The van der Waals surface area contributed by atoms with Crippen molar-refractivity contribution in [3.63, 3.8) is 0 Å². The van der Waals surface area contributed by atoms with Gasteiger partial charge in [0.1, 0.15) is 5.82 Å². The molecular formula is C20H23ClN4O3. The third-order valence-electron chi connectivity index (χ3n) is 4.47. The first-order valence-electron chi connectivity index (χ1n) is 9.21. The first-order chi connectivity index (χ1) is 13.6. The zero-order valence-corrected chi connectivity index (χ0v) is 16.5. The number of nitrogens with one attached hydrogen (secondary N) is 1. The Labute approximate surface area is 169 Å². The molecule has 0 atom stereocenters. The summed E-state index contributed by atoms with van der Waals surface area (Å²) in [5.41, 5.74) is 1.07. The number of piperazine rings is 1. The molecule has 3 rings (SSSR count). The van der Waals surface area contributed by atoms with E-state index in [2.05, 4.69) is 20.1 Å². The minimum atomic E-state index is -0.365. The molecule has 0 unspecified atom stereocenters. The van der Waals surface area contributed by atoms with Crippen molar-refractivity contribution in [2.24, 2.45) is 0 Å². The number of carbonyl (C=O) groups is 2. The van der Waals surface area contributed by atoms with Crippen molar-refractivity contribution in [3.05, 3.63) is 53.2 Å². The van der Waals surface area contributed by atoms with E-state index < -0.39 is 0 Å². The van der Waals surface area contributed by atoms with Crippen LogP contribution in [-0.4, -0.2) is 61.1 Å². The van der Waals surface area contributed by atoms with Crippen molar-refractivity contribution in [1.29, 1.82) is 0 Å². The second kappa shape index (κ2) is 9.52. The van der Waals surface area contributed by atoms with Crippen molar-refractivity contribution in [3.8, 4) is 0 Å². The number of pyridine rings is 1. The number of anilines is 2. The Hall–Kier alpha value is -2.64. The van der Waals surface area contributed by atoms with Gasteiger partial charge < -0.3 is 15.0 Å². The number of esters is 1. The molecule has 1 aromatic heterocycles. The van der Waals surface area contributed by atoms with Gasteiger partial charge in [-0.05, 0) is 31.2 Å². The van der Waals surface area contributed by atoms with Crippen molar-refractivity contribution in [1.82, 2.24) is 9.88 Å². The molecule has 28 heavy (non-hydrogen) atoms. The molecule has 0 radical (unpaired) electrons. The zero-order valence-electron chi connectivity index (χ0n) is 15.7. The van der Waals surface area contributed by atoms with E-state index >= 15 is 0 Å². The van der Waals surface area contributed by atoms with Crippen LogP contribution >= 0.6 is 11.6 Å². The summed E-state index contributed by atoms with van der Waals surface area (Å²) < 4.78 is 4.97. The van der Waals surface area contributed by atoms with Crippen LogP contribution in [0.5, 0.6) is 0 Å². The predicted molar refractivity (Wildman–Crippen MR) is 109 cm³/mol. The number of para-hydroxylation sites is 1. The highest BCUT2D eigenvalue weighted by Gasteiger charge is 2.20. The van der Waals surface area contributed by atoms with E-state index in [9.17, 15) is 9.59 Å². The average Bonchev–Trinajstić information content (AvgIpc) is 2.71. The zero-order chi connectivity index (χ0) is 19.9. The van der Waals surface area contributed by atoms with Gasteiger partial charge in [0.15, 0.2) is 0 Å². The number of rotatable bonds is 6. The normalized spacial score (nSPS) is 14.6. The second-order valence-electron chi connectivity index (χ2n) is 6.42. The van der Waals surface area contributed by atoms with E-state index in [1.165, 1.54) is 6.20 Å². The summed E-state index contributed by atoms with van der Waals surface area (Å²) in [5, 5.41) is 3.37. The minimum Gasteiger partial charge on any atom is -0.462 e. The Morgan fingerprint density at radius 2 is 1.89 bits per heavy atom. The van der Waals surface area contributed by atoms with Gasteiger partial charge in [-0.3, -0.25) is 9.69 Å². The number of aromatic nitrogens is 1. The highest BCUT2D eigenvalue weighted by Crippen LogP contribution is 2.20. The van der Waals surface area contributed by atoms with Crippen LogP contribution < -0.4 is 10.2 Å².